The minimum Gasteiger partial charge on any atom is -0.496 e. The Balaban J connectivity index is 2.12. The average molecular weight is 345 g/mol. The van der Waals surface area contributed by atoms with Crippen molar-refractivity contribution in [1.82, 2.24) is 0 Å². The van der Waals surface area contributed by atoms with Crippen LogP contribution in [0, 0.1) is 11.3 Å². The second-order valence-corrected chi connectivity index (χ2v) is 5.68. The van der Waals surface area contributed by atoms with Gasteiger partial charge in [-0.1, -0.05) is 36.4 Å². The molecular formula is C22H19NO3. The van der Waals surface area contributed by atoms with Gasteiger partial charge in [-0.05, 0) is 34.5 Å². The molecular weight excluding hydrogens is 326 g/mol. The Bertz CT molecular complexity index is 1020. The summed E-state index contributed by atoms with van der Waals surface area (Å²) in [7, 11) is 4.73. The first-order valence-electron chi connectivity index (χ1n) is 8.11. The molecule has 0 fully saturated rings. The molecule has 0 atom stereocenters. The highest BCUT2D eigenvalue weighted by Gasteiger charge is 2.12. The molecule has 4 nitrogen and oxygen atoms in total. The van der Waals surface area contributed by atoms with E-state index in [1.165, 1.54) is 0 Å². The summed E-state index contributed by atoms with van der Waals surface area (Å²) in [4.78, 5) is 0. The molecule has 0 saturated heterocycles. The zero-order valence-corrected chi connectivity index (χ0v) is 14.9. The average Bonchev–Trinajstić information content (AvgIpc) is 2.70. The van der Waals surface area contributed by atoms with Crippen LogP contribution >= 0.6 is 0 Å². The van der Waals surface area contributed by atoms with Crippen LogP contribution in [0.3, 0.4) is 0 Å². The third kappa shape index (κ3) is 3.33. The monoisotopic (exact) mass is 345 g/mol. The highest BCUT2D eigenvalue weighted by Crippen LogP contribution is 2.36. The molecule has 0 aliphatic heterocycles. The van der Waals surface area contributed by atoms with Crippen molar-refractivity contribution in [3.8, 4) is 23.3 Å². The minimum atomic E-state index is 0.543. The molecule has 0 radical (unpaired) electrons. The van der Waals surface area contributed by atoms with Gasteiger partial charge in [0.1, 0.15) is 5.75 Å². The van der Waals surface area contributed by atoms with Crippen LogP contribution in [0.5, 0.6) is 17.2 Å². The topological polar surface area (TPSA) is 51.5 Å². The highest BCUT2D eigenvalue weighted by atomic mass is 16.5. The predicted molar refractivity (Wildman–Crippen MR) is 104 cm³/mol. The third-order valence-electron chi connectivity index (χ3n) is 4.22. The summed E-state index contributed by atoms with van der Waals surface area (Å²) >= 11 is 0. The molecule has 3 aromatic rings. The molecule has 0 aliphatic carbocycles. The maximum atomic E-state index is 9.69. The fourth-order valence-electron chi connectivity index (χ4n) is 2.86. The van der Waals surface area contributed by atoms with E-state index < -0.39 is 0 Å². The maximum absolute atomic E-state index is 9.69. The first kappa shape index (κ1) is 17.4. The Kier molecular flexibility index (Phi) is 5.09. The molecule has 0 N–H and O–H groups in total. The molecule has 0 aliphatic rings. The molecule has 0 heterocycles. The van der Waals surface area contributed by atoms with Gasteiger partial charge in [0.15, 0.2) is 11.5 Å². The van der Waals surface area contributed by atoms with E-state index in [1.807, 2.05) is 42.5 Å². The van der Waals surface area contributed by atoms with Crippen LogP contribution in [0.4, 0.5) is 0 Å². The van der Waals surface area contributed by atoms with Gasteiger partial charge in [-0.25, -0.2) is 0 Å². The Labute approximate surface area is 152 Å². The third-order valence-corrected chi connectivity index (χ3v) is 4.22. The maximum Gasteiger partial charge on any atom is 0.164 e. The molecule has 3 aromatic carbocycles. The minimum absolute atomic E-state index is 0.543. The van der Waals surface area contributed by atoms with Gasteiger partial charge in [0.05, 0.1) is 33.0 Å². The lowest BCUT2D eigenvalue weighted by atomic mass is 9.99. The Hall–Kier alpha value is -3.45. The van der Waals surface area contributed by atoms with E-state index in [-0.39, 0.29) is 0 Å². The fourth-order valence-corrected chi connectivity index (χ4v) is 2.86. The zero-order chi connectivity index (χ0) is 18.5. The van der Waals surface area contributed by atoms with E-state index in [0.717, 1.165) is 21.9 Å². The van der Waals surface area contributed by atoms with E-state index in [2.05, 4.69) is 6.07 Å². The van der Waals surface area contributed by atoms with E-state index in [9.17, 15) is 5.26 Å². The Morgan fingerprint density at radius 3 is 2.12 bits per heavy atom. The first-order valence-corrected chi connectivity index (χ1v) is 8.11. The van der Waals surface area contributed by atoms with Crippen molar-refractivity contribution >= 4 is 22.4 Å². The van der Waals surface area contributed by atoms with Crippen molar-refractivity contribution in [2.45, 2.75) is 0 Å². The molecule has 0 amide bonds. The van der Waals surface area contributed by atoms with Crippen molar-refractivity contribution in [3.05, 3.63) is 65.7 Å². The van der Waals surface area contributed by atoms with Crippen LogP contribution in [-0.2, 0) is 0 Å². The number of benzene rings is 3. The van der Waals surface area contributed by atoms with E-state index in [0.29, 0.717) is 22.8 Å². The molecule has 130 valence electrons. The van der Waals surface area contributed by atoms with E-state index in [1.54, 1.807) is 39.5 Å². The summed E-state index contributed by atoms with van der Waals surface area (Å²) in [6.45, 7) is 0. The molecule has 0 aromatic heterocycles. The number of hydrogen-bond donors (Lipinski definition) is 0. The number of methoxy groups -OCH3 is 3. The quantitative estimate of drug-likeness (QED) is 0.486. The molecule has 26 heavy (non-hydrogen) atoms. The lowest BCUT2D eigenvalue weighted by Crippen LogP contribution is -1.95. The van der Waals surface area contributed by atoms with Gasteiger partial charge in [0.25, 0.3) is 0 Å². The van der Waals surface area contributed by atoms with Gasteiger partial charge in [-0.2, -0.15) is 5.26 Å². The Morgan fingerprint density at radius 1 is 0.808 bits per heavy atom. The van der Waals surface area contributed by atoms with Crippen LogP contribution in [0.1, 0.15) is 11.1 Å². The summed E-state index contributed by atoms with van der Waals surface area (Å²) in [5, 5.41) is 11.9. The smallest absolute Gasteiger partial charge is 0.164 e. The van der Waals surface area contributed by atoms with Crippen LogP contribution in [0.15, 0.2) is 54.6 Å². The number of nitriles is 1. The second-order valence-electron chi connectivity index (χ2n) is 5.68. The first-order chi connectivity index (χ1) is 12.7. The Morgan fingerprint density at radius 2 is 1.46 bits per heavy atom. The number of allylic oxidation sites excluding steroid dienone is 1. The van der Waals surface area contributed by atoms with Crippen LogP contribution in [-0.4, -0.2) is 21.3 Å². The van der Waals surface area contributed by atoms with Gasteiger partial charge in [-0.15, -0.1) is 0 Å². The fraction of sp³-hybridized carbons (Fsp3) is 0.136. The standard InChI is InChI=1S/C22H19NO3/c1-24-20-13-22(26-3)21(25-2)12-18(20)11-19(14-23)17-9-8-15-6-4-5-7-16(15)10-17/h4-13H,1-3H3. The van der Waals surface area contributed by atoms with Gasteiger partial charge in [0.2, 0.25) is 0 Å². The number of ether oxygens (including phenoxy) is 3. The number of hydrogen-bond acceptors (Lipinski definition) is 4. The number of fused-ring (bicyclic) bond motifs is 1. The summed E-state index contributed by atoms with van der Waals surface area (Å²) in [5.41, 5.74) is 2.14. The predicted octanol–water partition coefficient (Wildman–Crippen LogP) is 4.93. The van der Waals surface area contributed by atoms with Crippen LogP contribution < -0.4 is 14.2 Å². The lowest BCUT2D eigenvalue weighted by molar-refractivity contribution is 0.348. The summed E-state index contributed by atoms with van der Waals surface area (Å²) in [6, 6.07) is 19.9. The second kappa shape index (κ2) is 7.62. The van der Waals surface area contributed by atoms with Crippen molar-refractivity contribution < 1.29 is 14.2 Å². The molecule has 0 bridgehead atoms. The van der Waals surface area contributed by atoms with Crippen LogP contribution in [0.2, 0.25) is 0 Å². The molecule has 4 heteroatoms. The van der Waals surface area contributed by atoms with E-state index in [4.69, 9.17) is 14.2 Å². The van der Waals surface area contributed by atoms with Crippen LogP contribution in [0.25, 0.3) is 22.4 Å². The normalized spacial score (nSPS) is 11.1. The lowest BCUT2D eigenvalue weighted by Gasteiger charge is -2.12. The number of nitrogens with zero attached hydrogens (tertiary/aromatic N) is 1. The molecule has 0 saturated carbocycles. The summed E-state index contributed by atoms with van der Waals surface area (Å²) in [5.74, 6) is 1.76. The van der Waals surface area contributed by atoms with Gasteiger partial charge in [-0.3, -0.25) is 0 Å². The molecule has 0 unspecified atom stereocenters. The highest BCUT2D eigenvalue weighted by molar-refractivity contribution is 5.95. The van der Waals surface area contributed by atoms with Crippen molar-refractivity contribution in [2.24, 2.45) is 0 Å². The molecule has 0 spiro atoms. The van der Waals surface area contributed by atoms with Crippen molar-refractivity contribution in [1.29, 1.82) is 5.26 Å². The zero-order valence-electron chi connectivity index (χ0n) is 14.9. The summed E-state index contributed by atoms with van der Waals surface area (Å²) in [6.07, 6.45) is 1.80. The van der Waals surface area contributed by atoms with Gasteiger partial charge < -0.3 is 14.2 Å². The largest absolute Gasteiger partial charge is 0.496 e. The number of rotatable bonds is 5. The summed E-state index contributed by atoms with van der Waals surface area (Å²) < 4.78 is 16.1. The van der Waals surface area contributed by atoms with Crippen molar-refractivity contribution in [2.75, 3.05) is 21.3 Å². The van der Waals surface area contributed by atoms with Crippen molar-refractivity contribution in [3.63, 3.8) is 0 Å². The van der Waals surface area contributed by atoms with Gasteiger partial charge in [0, 0.05) is 11.6 Å². The SMILES string of the molecule is COc1cc(OC)c(OC)cc1C=C(C#N)c1ccc2ccccc2c1. The molecule has 3 rings (SSSR count). The van der Waals surface area contributed by atoms with E-state index >= 15 is 0 Å². The van der Waals surface area contributed by atoms with Gasteiger partial charge >= 0.3 is 0 Å².